The standard InChI is InChI=1S/C12H7BrClN3O3/c13-10-2-1-3-11(15-10)16-12(18)7-4-5-9(17(19)20)8(14)6-7/h1-6H,(H,15,16,18). The van der Waals surface area contributed by atoms with Crippen molar-refractivity contribution in [3.8, 4) is 0 Å². The Bertz CT molecular complexity index is 693. The number of nitro groups is 1. The lowest BCUT2D eigenvalue weighted by molar-refractivity contribution is -0.384. The third-order valence-electron chi connectivity index (χ3n) is 2.36. The molecule has 0 fully saturated rings. The monoisotopic (exact) mass is 355 g/mol. The molecule has 0 aliphatic carbocycles. The number of halogens is 2. The molecule has 20 heavy (non-hydrogen) atoms. The Labute approximate surface area is 127 Å². The van der Waals surface area contributed by atoms with Gasteiger partial charge in [-0.2, -0.15) is 0 Å². The van der Waals surface area contributed by atoms with Crippen molar-refractivity contribution in [3.05, 3.63) is 61.7 Å². The van der Waals surface area contributed by atoms with Crippen LogP contribution in [0.2, 0.25) is 5.02 Å². The van der Waals surface area contributed by atoms with Crippen LogP contribution >= 0.6 is 27.5 Å². The van der Waals surface area contributed by atoms with Crippen molar-refractivity contribution in [2.24, 2.45) is 0 Å². The van der Waals surface area contributed by atoms with Gasteiger partial charge in [0.15, 0.2) is 0 Å². The molecule has 0 unspecified atom stereocenters. The molecule has 0 aliphatic heterocycles. The molecule has 1 heterocycles. The van der Waals surface area contributed by atoms with Crippen LogP contribution in [0.5, 0.6) is 0 Å². The average molecular weight is 357 g/mol. The molecule has 2 aromatic rings. The van der Waals surface area contributed by atoms with Gasteiger partial charge in [0.25, 0.3) is 11.6 Å². The normalized spacial score (nSPS) is 10.1. The summed E-state index contributed by atoms with van der Waals surface area (Å²) in [7, 11) is 0. The van der Waals surface area contributed by atoms with Crippen molar-refractivity contribution in [2.75, 3.05) is 5.32 Å². The second-order valence-electron chi connectivity index (χ2n) is 3.72. The highest BCUT2D eigenvalue weighted by molar-refractivity contribution is 9.10. The Balaban J connectivity index is 2.22. The van der Waals surface area contributed by atoms with Crippen molar-refractivity contribution >= 4 is 44.9 Å². The zero-order chi connectivity index (χ0) is 14.7. The first-order valence-electron chi connectivity index (χ1n) is 5.35. The van der Waals surface area contributed by atoms with Crippen LogP contribution in [-0.4, -0.2) is 15.8 Å². The third kappa shape index (κ3) is 3.31. The number of rotatable bonds is 3. The van der Waals surface area contributed by atoms with Crippen LogP contribution in [-0.2, 0) is 0 Å². The molecule has 102 valence electrons. The van der Waals surface area contributed by atoms with Crippen LogP contribution in [0, 0.1) is 10.1 Å². The highest BCUT2D eigenvalue weighted by Crippen LogP contribution is 2.25. The zero-order valence-electron chi connectivity index (χ0n) is 9.84. The van der Waals surface area contributed by atoms with E-state index >= 15 is 0 Å². The predicted octanol–water partition coefficient (Wildman–Crippen LogP) is 3.66. The zero-order valence-corrected chi connectivity index (χ0v) is 12.2. The number of aromatic nitrogens is 1. The number of nitrogens with zero attached hydrogens (tertiary/aromatic N) is 2. The van der Waals surface area contributed by atoms with E-state index < -0.39 is 10.8 Å². The summed E-state index contributed by atoms with van der Waals surface area (Å²) in [5, 5.41) is 13.1. The fourth-order valence-corrected chi connectivity index (χ4v) is 2.06. The first kappa shape index (κ1) is 14.4. The lowest BCUT2D eigenvalue weighted by atomic mass is 10.2. The average Bonchev–Trinajstić information content (AvgIpc) is 2.38. The van der Waals surface area contributed by atoms with Crippen molar-refractivity contribution in [2.45, 2.75) is 0 Å². The van der Waals surface area contributed by atoms with Gasteiger partial charge < -0.3 is 5.32 Å². The first-order valence-corrected chi connectivity index (χ1v) is 6.52. The maximum atomic E-state index is 12.0. The summed E-state index contributed by atoms with van der Waals surface area (Å²) >= 11 is 8.94. The number of nitro benzene ring substituents is 1. The van der Waals surface area contributed by atoms with Crippen molar-refractivity contribution < 1.29 is 9.72 Å². The Morgan fingerprint density at radius 1 is 1.35 bits per heavy atom. The van der Waals surface area contributed by atoms with E-state index in [0.29, 0.717) is 10.4 Å². The third-order valence-corrected chi connectivity index (χ3v) is 3.11. The molecule has 0 bridgehead atoms. The van der Waals surface area contributed by atoms with E-state index in [4.69, 9.17) is 11.6 Å². The van der Waals surface area contributed by atoms with E-state index in [2.05, 4.69) is 26.2 Å². The molecule has 1 aromatic heterocycles. The number of carbonyl (C=O) groups is 1. The van der Waals surface area contributed by atoms with Gasteiger partial charge in [-0.25, -0.2) is 4.98 Å². The van der Waals surface area contributed by atoms with Crippen molar-refractivity contribution in [1.82, 2.24) is 4.98 Å². The summed E-state index contributed by atoms with van der Waals surface area (Å²) in [5.74, 6) is -0.0914. The molecule has 1 aromatic carbocycles. The highest BCUT2D eigenvalue weighted by Gasteiger charge is 2.15. The molecule has 0 saturated heterocycles. The van der Waals surface area contributed by atoms with Gasteiger partial charge in [0.1, 0.15) is 15.4 Å². The smallest absolute Gasteiger partial charge is 0.287 e. The van der Waals surface area contributed by atoms with Crippen LogP contribution in [0.15, 0.2) is 41.0 Å². The van der Waals surface area contributed by atoms with Crippen LogP contribution in [0.4, 0.5) is 11.5 Å². The van der Waals surface area contributed by atoms with E-state index in [1.807, 2.05) is 0 Å². The molecular weight excluding hydrogens is 350 g/mol. The number of amides is 1. The number of carbonyl (C=O) groups excluding carboxylic acids is 1. The summed E-state index contributed by atoms with van der Waals surface area (Å²) in [5.41, 5.74) is -0.0360. The number of hydrogen-bond acceptors (Lipinski definition) is 4. The van der Waals surface area contributed by atoms with E-state index in [-0.39, 0.29) is 16.3 Å². The van der Waals surface area contributed by atoms with E-state index in [0.717, 1.165) is 0 Å². The fraction of sp³-hybridized carbons (Fsp3) is 0. The largest absolute Gasteiger partial charge is 0.307 e. The summed E-state index contributed by atoms with van der Waals surface area (Å²) in [6, 6.07) is 8.82. The van der Waals surface area contributed by atoms with Gasteiger partial charge in [0.05, 0.1) is 4.92 Å². The fourth-order valence-electron chi connectivity index (χ4n) is 1.46. The summed E-state index contributed by atoms with van der Waals surface area (Å²) in [6.07, 6.45) is 0. The molecule has 0 radical (unpaired) electrons. The van der Waals surface area contributed by atoms with Gasteiger partial charge in [-0.3, -0.25) is 14.9 Å². The molecule has 1 N–H and O–H groups in total. The first-order chi connectivity index (χ1) is 9.47. The topological polar surface area (TPSA) is 85.1 Å². The van der Waals surface area contributed by atoms with Gasteiger partial charge >= 0.3 is 0 Å². The molecule has 0 aliphatic rings. The van der Waals surface area contributed by atoms with Gasteiger partial charge in [-0.1, -0.05) is 17.7 Å². The van der Waals surface area contributed by atoms with Crippen molar-refractivity contribution in [1.29, 1.82) is 0 Å². The lowest BCUT2D eigenvalue weighted by Gasteiger charge is -2.05. The van der Waals surface area contributed by atoms with Crippen LogP contribution in [0.25, 0.3) is 0 Å². The molecule has 2 rings (SSSR count). The van der Waals surface area contributed by atoms with Crippen LogP contribution < -0.4 is 5.32 Å². The number of benzene rings is 1. The molecule has 0 spiro atoms. The second-order valence-corrected chi connectivity index (χ2v) is 4.94. The minimum atomic E-state index is -0.611. The van der Waals surface area contributed by atoms with Gasteiger partial charge in [0, 0.05) is 11.6 Å². The summed E-state index contributed by atoms with van der Waals surface area (Å²) in [4.78, 5) is 26.0. The summed E-state index contributed by atoms with van der Waals surface area (Å²) < 4.78 is 0.581. The lowest BCUT2D eigenvalue weighted by Crippen LogP contribution is -2.13. The van der Waals surface area contributed by atoms with Crippen molar-refractivity contribution in [3.63, 3.8) is 0 Å². The minimum Gasteiger partial charge on any atom is -0.307 e. The molecular formula is C12H7BrClN3O3. The van der Waals surface area contributed by atoms with Crippen LogP contribution in [0.1, 0.15) is 10.4 Å². The quantitative estimate of drug-likeness (QED) is 0.516. The maximum Gasteiger partial charge on any atom is 0.287 e. The predicted molar refractivity (Wildman–Crippen MR) is 78.0 cm³/mol. The Hall–Kier alpha value is -1.99. The van der Waals surface area contributed by atoms with Crippen LogP contribution in [0.3, 0.4) is 0 Å². The number of hydrogen-bond donors (Lipinski definition) is 1. The SMILES string of the molecule is O=C(Nc1cccc(Br)n1)c1ccc([N+](=O)[O-])c(Cl)c1. The Morgan fingerprint density at radius 3 is 2.70 bits per heavy atom. The Kier molecular flexibility index (Phi) is 4.31. The maximum absolute atomic E-state index is 12.0. The van der Waals surface area contributed by atoms with Gasteiger partial charge in [-0.05, 0) is 40.2 Å². The molecule has 6 nitrogen and oxygen atoms in total. The number of anilines is 1. The number of pyridine rings is 1. The van der Waals surface area contributed by atoms with E-state index in [1.54, 1.807) is 18.2 Å². The Morgan fingerprint density at radius 2 is 2.10 bits per heavy atom. The minimum absolute atomic E-state index is 0.0927. The molecule has 0 saturated carbocycles. The van der Waals surface area contributed by atoms with E-state index in [1.165, 1.54) is 18.2 Å². The molecule has 1 amide bonds. The van der Waals surface area contributed by atoms with Gasteiger partial charge in [0.2, 0.25) is 0 Å². The highest BCUT2D eigenvalue weighted by atomic mass is 79.9. The van der Waals surface area contributed by atoms with E-state index in [9.17, 15) is 14.9 Å². The molecule has 0 atom stereocenters. The summed E-state index contributed by atoms with van der Waals surface area (Å²) in [6.45, 7) is 0. The number of nitrogens with one attached hydrogen (secondary N) is 1. The second kappa shape index (κ2) is 5.98. The van der Waals surface area contributed by atoms with Gasteiger partial charge in [-0.15, -0.1) is 0 Å². The molecule has 8 heteroatoms.